The lowest BCUT2D eigenvalue weighted by atomic mass is 10.1. The van der Waals surface area contributed by atoms with Gasteiger partial charge in [0, 0.05) is 30.2 Å². The van der Waals surface area contributed by atoms with Gasteiger partial charge < -0.3 is 10.0 Å². The number of aliphatic hydroxyl groups is 1. The molecular weight excluding hydrogens is 260 g/mol. The Bertz CT molecular complexity index is 633. The number of aliphatic hydroxyl groups excluding tert-OH is 1. The summed E-state index contributed by atoms with van der Waals surface area (Å²) in [6.45, 7) is 2.34. The van der Waals surface area contributed by atoms with Gasteiger partial charge in [-0.15, -0.1) is 0 Å². The first-order valence-electron chi connectivity index (χ1n) is 8.07. The second-order valence-corrected chi connectivity index (χ2v) is 6.60. The summed E-state index contributed by atoms with van der Waals surface area (Å²) in [6, 6.07) is 8.35. The number of anilines is 1. The number of aromatic nitrogens is 1. The number of fused-ring (bicyclic) bond motifs is 1. The average molecular weight is 282 g/mol. The van der Waals surface area contributed by atoms with Crippen LogP contribution in [0, 0.1) is 11.8 Å². The van der Waals surface area contributed by atoms with Crippen LogP contribution in [0.25, 0.3) is 10.8 Å². The summed E-state index contributed by atoms with van der Waals surface area (Å²) in [7, 11) is 0. The molecule has 21 heavy (non-hydrogen) atoms. The van der Waals surface area contributed by atoms with Gasteiger partial charge in [0.1, 0.15) is 5.82 Å². The van der Waals surface area contributed by atoms with Crippen LogP contribution in [0.5, 0.6) is 0 Å². The third kappa shape index (κ3) is 2.75. The van der Waals surface area contributed by atoms with E-state index in [4.69, 9.17) is 4.98 Å². The quantitative estimate of drug-likeness (QED) is 0.882. The highest BCUT2D eigenvalue weighted by Gasteiger charge is 2.30. The van der Waals surface area contributed by atoms with Crippen LogP contribution in [0.1, 0.15) is 31.2 Å². The summed E-state index contributed by atoms with van der Waals surface area (Å²) in [4.78, 5) is 7.20. The van der Waals surface area contributed by atoms with Gasteiger partial charge in [0.25, 0.3) is 0 Å². The Morgan fingerprint density at radius 1 is 1.00 bits per heavy atom. The summed E-state index contributed by atoms with van der Waals surface area (Å²) < 4.78 is 0. The first-order chi connectivity index (χ1) is 10.3. The van der Waals surface area contributed by atoms with Crippen molar-refractivity contribution >= 4 is 16.6 Å². The Morgan fingerprint density at radius 2 is 1.62 bits per heavy atom. The minimum absolute atomic E-state index is 0.0546. The van der Waals surface area contributed by atoms with Crippen LogP contribution in [0.2, 0.25) is 0 Å². The molecule has 3 heteroatoms. The van der Waals surface area contributed by atoms with Crippen molar-refractivity contribution in [2.45, 2.75) is 32.3 Å². The molecule has 2 fully saturated rings. The zero-order valence-corrected chi connectivity index (χ0v) is 12.3. The van der Waals surface area contributed by atoms with Crippen LogP contribution in [-0.4, -0.2) is 23.2 Å². The number of nitrogens with zero attached hydrogens (tertiary/aromatic N) is 2. The Labute approximate surface area is 125 Å². The Morgan fingerprint density at radius 3 is 2.19 bits per heavy atom. The van der Waals surface area contributed by atoms with Gasteiger partial charge in [0.2, 0.25) is 0 Å². The molecule has 0 saturated heterocycles. The van der Waals surface area contributed by atoms with E-state index >= 15 is 0 Å². The van der Waals surface area contributed by atoms with E-state index in [0.717, 1.165) is 41.7 Å². The Balaban J connectivity index is 1.75. The monoisotopic (exact) mass is 282 g/mol. The average Bonchev–Trinajstić information content (AvgIpc) is 3.41. The molecule has 0 spiro atoms. The van der Waals surface area contributed by atoms with E-state index in [1.54, 1.807) is 0 Å². The molecule has 2 aliphatic carbocycles. The number of benzene rings is 1. The van der Waals surface area contributed by atoms with Gasteiger partial charge in [-0.05, 0) is 42.9 Å². The van der Waals surface area contributed by atoms with Gasteiger partial charge in [0.05, 0.1) is 6.61 Å². The second kappa shape index (κ2) is 5.30. The lowest BCUT2D eigenvalue weighted by molar-refractivity contribution is 0.283. The molecule has 1 aromatic carbocycles. The normalized spacial score (nSPS) is 18.1. The van der Waals surface area contributed by atoms with Crippen molar-refractivity contribution in [3.8, 4) is 0 Å². The van der Waals surface area contributed by atoms with Crippen molar-refractivity contribution in [3.05, 3.63) is 36.0 Å². The van der Waals surface area contributed by atoms with E-state index in [1.807, 2.05) is 12.3 Å². The van der Waals surface area contributed by atoms with Gasteiger partial charge >= 0.3 is 0 Å². The largest absolute Gasteiger partial charge is 0.392 e. The maximum Gasteiger partial charge on any atom is 0.136 e. The summed E-state index contributed by atoms with van der Waals surface area (Å²) in [6.07, 6.45) is 7.33. The molecule has 110 valence electrons. The molecule has 0 unspecified atom stereocenters. The SMILES string of the molecule is OCc1cnc(N(CC2CC2)CC2CC2)c2ccccc12. The fourth-order valence-corrected chi connectivity index (χ4v) is 3.09. The fraction of sp³-hybridized carbons (Fsp3) is 0.500. The predicted molar refractivity (Wildman–Crippen MR) is 85.3 cm³/mol. The number of hydrogen-bond acceptors (Lipinski definition) is 3. The molecule has 1 heterocycles. The molecule has 0 aliphatic heterocycles. The van der Waals surface area contributed by atoms with Crippen molar-refractivity contribution in [2.75, 3.05) is 18.0 Å². The molecule has 2 aliphatic rings. The number of pyridine rings is 1. The molecule has 2 aromatic rings. The lowest BCUT2D eigenvalue weighted by Crippen LogP contribution is -2.29. The number of rotatable bonds is 6. The Hall–Kier alpha value is -1.61. The van der Waals surface area contributed by atoms with Crippen LogP contribution in [0.4, 0.5) is 5.82 Å². The highest BCUT2D eigenvalue weighted by molar-refractivity contribution is 5.94. The lowest BCUT2D eigenvalue weighted by Gasteiger charge is -2.25. The van der Waals surface area contributed by atoms with E-state index < -0.39 is 0 Å². The van der Waals surface area contributed by atoms with Crippen LogP contribution in [-0.2, 0) is 6.61 Å². The molecule has 0 amide bonds. The highest BCUT2D eigenvalue weighted by atomic mass is 16.3. The molecule has 0 bridgehead atoms. The molecule has 2 saturated carbocycles. The number of hydrogen-bond donors (Lipinski definition) is 1. The van der Waals surface area contributed by atoms with Crippen molar-refractivity contribution in [1.29, 1.82) is 0 Å². The van der Waals surface area contributed by atoms with Gasteiger partial charge in [-0.1, -0.05) is 24.3 Å². The molecule has 1 aromatic heterocycles. The first-order valence-corrected chi connectivity index (χ1v) is 8.07. The Kier molecular flexibility index (Phi) is 3.30. The van der Waals surface area contributed by atoms with Gasteiger partial charge in [-0.3, -0.25) is 0 Å². The van der Waals surface area contributed by atoms with Crippen LogP contribution in [0.15, 0.2) is 30.5 Å². The van der Waals surface area contributed by atoms with Crippen molar-refractivity contribution < 1.29 is 5.11 Å². The third-order valence-electron chi connectivity index (χ3n) is 4.68. The summed E-state index contributed by atoms with van der Waals surface area (Å²) >= 11 is 0. The van der Waals surface area contributed by atoms with Crippen molar-refractivity contribution in [1.82, 2.24) is 4.98 Å². The smallest absolute Gasteiger partial charge is 0.136 e. The minimum Gasteiger partial charge on any atom is -0.392 e. The summed E-state index contributed by atoms with van der Waals surface area (Å²) in [5.41, 5.74) is 0.923. The first kappa shape index (κ1) is 13.1. The maximum atomic E-state index is 9.52. The second-order valence-electron chi connectivity index (χ2n) is 6.60. The zero-order valence-electron chi connectivity index (χ0n) is 12.3. The van der Waals surface area contributed by atoms with Crippen molar-refractivity contribution in [2.24, 2.45) is 11.8 Å². The van der Waals surface area contributed by atoms with Crippen molar-refractivity contribution in [3.63, 3.8) is 0 Å². The maximum absolute atomic E-state index is 9.52. The van der Waals surface area contributed by atoms with Gasteiger partial charge in [-0.2, -0.15) is 0 Å². The van der Waals surface area contributed by atoms with E-state index in [2.05, 4.69) is 23.1 Å². The van der Waals surface area contributed by atoms with Gasteiger partial charge in [-0.25, -0.2) is 4.98 Å². The predicted octanol–water partition coefficient (Wildman–Crippen LogP) is 3.35. The topological polar surface area (TPSA) is 36.4 Å². The third-order valence-corrected chi connectivity index (χ3v) is 4.68. The standard InChI is InChI=1S/C18H22N2O/c21-12-15-9-19-18(17-4-2-1-3-16(15)17)20(10-13-5-6-13)11-14-7-8-14/h1-4,9,13-14,21H,5-8,10-12H2. The molecule has 1 N–H and O–H groups in total. The van der Waals surface area contributed by atoms with E-state index in [-0.39, 0.29) is 6.61 Å². The molecule has 0 radical (unpaired) electrons. The molecular formula is C18H22N2O. The molecule has 0 atom stereocenters. The van der Waals surface area contributed by atoms with Crippen LogP contribution < -0.4 is 4.90 Å². The minimum atomic E-state index is 0.0546. The van der Waals surface area contributed by atoms with E-state index in [9.17, 15) is 5.11 Å². The van der Waals surface area contributed by atoms with Crippen LogP contribution in [0.3, 0.4) is 0 Å². The zero-order chi connectivity index (χ0) is 14.2. The van der Waals surface area contributed by atoms with E-state index in [1.165, 1.54) is 31.1 Å². The summed E-state index contributed by atoms with van der Waals surface area (Å²) in [5.74, 6) is 2.84. The van der Waals surface area contributed by atoms with Gasteiger partial charge in [0.15, 0.2) is 0 Å². The fourth-order valence-electron chi connectivity index (χ4n) is 3.09. The summed E-state index contributed by atoms with van der Waals surface area (Å²) in [5, 5.41) is 11.8. The molecule has 3 nitrogen and oxygen atoms in total. The van der Waals surface area contributed by atoms with E-state index in [0.29, 0.717) is 0 Å². The highest BCUT2D eigenvalue weighted by Crippen LogP contribution is 2.37. The van der Waals surface area contributed by atoms with Crippen LogP contribution >= 0.6 is 0 Å². The molecule has 4 rings (SSSR count).